The molecule has 0 amide bonds. The van der Waals surface area contributed by atoms with Gasteiger partial charge in [-0.2, -0.15) is 0 Å². The number of benzene rings is 7. The number of rotatable bonds is 5. The first kappa shape index (κ1) is 25.4. The summed E-state index contributed by atoms with van der Waals surface area (Å²) in [6.45, 7) is 0. The van der Waals surface area contributed by atoms with E-state index < -0.39 is 0 Å². The van der Waals surface area contributed by atoms with Gasteiger partial charge in [0.05, 0.1) is 16.6 Å². The zero-order valence-electron chi connectivity index (χ0n) is 24.6. The third-order valence-corrected chi connectivity index (χ3v) is 8.89. The van der Waals surface area contributed by atoms with Crippen molar-refractivity contribution in [3.8, 4) is 11.4 Å². The fourth-order valence-corrected chi connectivity index (χ4v) is 6.89. The SMILES string of the molecule is c1ccc(N(c2cccc(-n3c4ccccc4c4c5ccn(-c6ccccc6)c5ccc43)c2)c2ccc3ccccc3c2)cc1. The Morgan fingerprint density at radius 2 is 1.02 bits per heavy atom. The summed E-state index contributed by atoms with van der Waals surface area (Å²) < 4.78 is 4.69. The Morgan fingerprint density at radius 3 is 1.89 bits per heavy atom. The average Bonchev–Trinajstić information content (AvgIpc) is 3.69. The molecule has 9 rings (SSSR count). The Bertz CT molecular complexity index is 2490. The first-order chi connectivity index (χ1) is 22.3. The number of nitrogens with zero attached hydrogens (tertiary/aromatic N) is 3. The molecular formula is C42H29N3. The highest BCUT2D eigenvalue weighted by molar-refractivity contribution is 6.21. The van der Waals surface area contributed by atoms with Crippen molar-refractivity contribution in [3.63, 3.8) is 0 Å². The Balaban J connectivity index is 1.26. The molecule has 2 aromatic heterocycles. The van der Waals surface area contributed by atoms with E-state index in [1.54, 1.807) is 0 Å². The van der Waals surface area contributed by atoms with Crippen LogP contribution in [0.25, 0.3) is 54.9 Å². The maximum Gasteiger partial charge on any atom is 0.0548 e. The van der Waals surface area contributed by atoms with Gasteiger partial charge in [0, 0.05) is 50.8 Å². The third-order valence-electron chi connectivity index (χ3n) is 8.89. The highest BCUT2D eigenvalue weighted by Gasteiger charge is 2.18. The van der Waals surface area contributed by atoms with Crippen LogP contribution in [0.4, 0.5) is 17.1 Å². The van der Waals surface area contributed by atoms with Gasteiger partial charge in [0.2, 0.25) is 0 Å². The monoisotopic (exact) mass is 575 g/mol. The third kappa shape index (κ3) is 4.13. The molecule has 0 saturated heterocycles. The molecule has 0 radical (unpaired) electrons. The molecule has 0 bridgehead atoms. The zero-order valence-corrected chi connectivity index (χ0v) is 24.6. The van der Waals surface area contributed by atoms with Gasteiger partial charge >= 0.3 is 0 Å². The van der Waals surface area contributed by atoms with Gasteiger partial charge in [-0.3, -0.25) is 0 Å². The lowest BCUT2D eigenvalue weighted by Crippen LogP contribution is -2.10. The second-order valence-corrected chi connectivity index (χ2v) is 11.5. The number of para-hydroxylation sites is 3. The first-order valence-corrected chi connectivity index (χ1v) is 15.4. The molecule has 0 fully saturated rings. The lowest BCUT2D eigenvalue weighted by molar-refractivity contribution is 1.13. The summed E-state index contributed by atoms with van der Waals surface area (Å²) in [7, 11) is 0. The molecule has 0 N–H and O–H groups in total. The number of aromatic nitrogens is 2. The van der Waals surface area contributed by atoms with Crippen molar-refractivity contribution < 1.29 is 0 Å². The normalized spacial score (nSPS) is 11.6. The molecule has 3 heteroatoms. The molecule has 2 heterocycles. The van der Waals surface area contributed by atoms with Crippen LogP contribution in [0.5, 0.6) is 0 Å². The average molecular weight is 576 g/mol. The molecule has 45 heavy (non-hydrogen) atoms. The predicted molar refractivity (Wildman–Crippen MR) is 190 cm³/mol. The summed E-state index contributed by atoms with van der Waals surface area (Å²) in [5.41, 5.74) is 9.25. The van der Waals surface area contributed by atoms with E-state index in [0.29, 0.717) is 0 Å². The van der Waals surface area contributed by atoms with Crippen molar-refractivity contribution in [1.29, 1.82) is 0 Å². The van der Waals surface area contributed by atoms with E-state index >= 15 is 0 Å². The molecule has 0 spiro atoms. The quantitative estimate of drug-likeness (QED) is 0.199. The summed E-state index contributed by atoms with van der Waals surface area (Å²) in [4.78, 5) is 2.35. The van der Waals surface area contributed by atoms with E-state index in [4.69, 9.17) is 0 Å². The van der Waals surface area contributed by atoms with Crippen LogP contribution in [0.15, 0.2) is 176 Å². The maximum absolute atomic E-state index is 2.41. The molecular weight excluding hydrogens is 546 g/mol. The Labute approximate surface area is 261 Å². The van der Waals surface area contributed by atoms with Crippen molar-refractivity contribution in [2.75, 3.05) is 4.90 Å². The topological polar surface area (TPSA) is 13.1 Å². The molecule has 0 saturated carbocycles. The molecule has 9 aromatic rings. The van der Waals surface area contributed by atoms with E-state index in [0.717, 1.165) is 28.4 Å². The minimum absolute atomic E-state index is 1.11. The largest absolute Gasteiger partial charge is 0.317 e. The van der Waals surface area contributed by atoms with Gasteiger partial charge in [0.1, 0.15) is 0 Å². The van der Waals surface area contributed by atoms with E-state index in [9.17, 15) is 0 Å². The molecule has 0 aliphatic heterocycles. The Hall–Kier alpha value is -6.06. The molecule has 7 aromatic carbocycles. The summed E-state index contributed by atoms with van der Waals surface area (Å²) in [6.07, 6.45) is 2.19. The number of hydrogen-bond donors (Lipinski definition) is 0. The van der Waals surface area contributed by atoms with Crippen LogP contribution in [0.2, 0.25) is 0 Å². The molecule has 0 unspecified atom stereocenters. The van der Waals surface area contributed by atoms with Gasteiger partial charge in [0.25, 0.3) is 0 Å². The molecule has 0 aliphatic carbocycles. The molecule has 3 nitrogen and oxygen atoms in total. The highest BCUT2D eigenvalue weighted by Crippen LogP contribution is 2.40. The number of fused-ring (bicyclic) bond motifs is 6. The van der Waals surface area contributed by atoms with Gasteiger partial charge < -0.3 is 14.0 Å². The van der Waals surface area contributed by atoms with Gasteiger partial charge in [-0.1, -0.05) is 91.0 Å². The van der Waals surface area contributed by atoms with Crippen molar-refractivity contribution in [2.24, 2.45) is 0 Å². The number of anilines is 3. The summed E-state index contributed by atoms with van der Waals surface area (Å²) in [5.74, 6) is 0. The maximum atomic E-state index is 2.41. The van der Waals surface area contributed by atoms with Gasteiger partial charge in [-0.05, 0) is 89.6 Å². The predicted octanol–water partition coefficient (Wildman–Crippen LogP) is 11.4. The van der Waals surface area contributed by atoms with E-state index in [2.05, 4.69) is 190 Å². The standard InChI is InChI=1S/C42H29N3/c1-3-14-32(15-4-1)43-27-26-38-39(43)24-25-41-42(38)37-20-9-10-21-40(37)45(41)35-19-11-18-34(29-35)44(33-16-5-2-6-17-33)36-23-22-30-12-7-8-13-31(30)28-36/h1-29H. The Morgan fingerprint density at radius 1 is 0.378 bits per heavy atom. The van der Waals surface area contributed by atoms with E-state index in [-0.39, 0.29) is 0 Å². The van der Waals surface area contributed by atoms with Crippen LogP contribution in [0.1, 0.15) is 0 Å². The minimum Gasteiger partial charge on any atom is -0.317 e. The van der Waals surface area contributed by atoms with Gasteiger partial charge in [-0.25, -0.2) is 0 Å². The van der Waals surface area contributed by atoms with Crippen LogP contribution in [-0.4, -0.2) is 9.13 Å². The molecule has 212 valence electrons. The first-order valence-electron chi connectivity index (χ1n) is 15.4. The molecule has 0 aliphatic rings. The zero-order chi connectivity index (χ0) is 29.7. The number of hydrogen-bond acceptors (Lipinski definition) is 1. The van der Waals surface area contributed by atoms with Gasteiger partial charge in [0.15, 0.2) is 0 Å². The van der Waals surface area contributed by atoms with Crippen molar-refractivity contribution >= 4 is 60.5 Å². The lowest BCUT2D eigenvalue weighted by atomic mass is 10.1. The minimum atomic E-state index is 1.11. The van der Waals surface area contributed by atoms with E-state index in [1.165, 1.54) is 43.5 Å². The van der Waals surface area contributed by atoms with Crippen LogP contribution in [0, 0.1) is 0 Å². The second kappa shape index (κ2) is 10.3. The smallest absolute Gasteiger partial charge is 0.0548 e. The second-order valence-electron chi connectivity index (χ2n) is 11.5. The Kier molecular flexibility index (Phi) is 5.82. The van der Waals surface area contributed by atoms with Crippen LogP contribution < -0.4 is 4.90 Å². The fourth-order valence-electron chi connectivity index (χ4n) is 6.89. The van der Waals surface area contributed by atoms with Crippen LogP contribution in [-0.2, 0) is 0 Å². The highest BCUT2D eigenvalue weighted by atomic mass is 15.1. The van der Waals surface area contributed by atoms with Crippen LogP contribution in [0.3, 0.4) is 0 Å². The fraction of sp³-hybridized carbons (Fsp3) is 0. The van der Waals surface area contributed by atoms with Crippen LogP contribution >= 0.6 is 0 Å². The summed E-state index contributed by atoms with van der Waals surface area (Å²) in [5, 5.41) is 6.24. The molecule has 0 atom stereocenters. The van der Waals surface area contributed by atoms with Crippen molar-refractivity contribution in [3.05, 3.63) is 176 Å². The lowest BCUT2D eigenvalue weighted by Gasteiger charge is -2.26. The van der Waals surface area contributed by atoms with Crippen molar-refractivity contribution in [2.45, 2.75) is 0 Å². The summed E-state index contributed by atoms with van der Waals surface area (Å²) >= 11 is 0. The van der Waals surface area contributed by atoms with Gasteiger partial charge in [-0.15, -0.1) is 0 Å². The van der Waals surface area contributed by atoms with E-state index in [1.807, 2.05) is 0 Å². The van der Waals surface area contributed by atoms with Crippen molar-refractivity contribution in [1.82, 2.24) is 9.13 Å². The summed E-state index contributed by atoms with van der Waals surface area (Å²) in [6, 6.07) is 60.9.